The maximum absolute atomic E-state index is 12.7. The number of carbonyl (C=O) groups is 1. The molecule has 0 saturated heterocycles. The van der Waals surface area contributed by atoms with Crippen LogP contribution in [0.2, 0.25) is 0 Å². The molecule has 6 heteroatoms. The van der Waals surface area contributed by atoms with Crippen LogP contribution in [0.15, 0.2) is 47.1 Å². The Hall–Kier alpha value is -2.65. The third kappa shape index (κ3) is 2.96. The van der Waals surface area contributed by atoms with Gasteiger partial charge < -0.3 is 5.32 Å². The van der Waals surface area contributed by atoms with Crippen LogP contribution in [0.3, 0.4) is 0 Å². The number of hydrogen-bond donors (Lipinski definition) is 1. The first kappa shape index (κ1) is 15.3. The van der Waals surface area contributed by atoms with Crippen molar-refractivity contribution in [2.45, 2.75) is 13.3 Å². The van der Waals surface area contributed by atoms with Gasteiger partial charge in [0.15, 0.2) is 0 Å². The second-order valence-electron chi connectivity index (χ2n) is 4.98. The molecule has 0 fully saturated rings. The number of nitriles is 1. The van der Waals surface area contributed by atoms with E-state index in [9.17, 15) is 4.79 Å². The van der Waals surface area contributed by atoms with Crippen molar-refractivity contribution in [3.8, 4) is 6.07 Å². The smallest absolute Gasteiger partial charge is 0.274 e. The number of halogens is 1. The number of nitrogens with one attached hydrogen (secondary N) is 1. The number of aromatic nitrogens is 2. The van der Waals surface area contributed by atoms with Crippen molar-refractivity contribution < 1.29 is 4.79 Å². The quantitative estimate of drug-likeness (QED) is 0.764. The highest BCUT2D eigenvalue weighted by atomic mass is 79.9. The van der Waals surface area contributed by atoms with Gasteiger partial charge >= 0.3 is 0 Å². The van der Waals surface area contributed by atoms with E-state index in [1.54, 1.807) is 28.7 Å². The number of nitrogens with zero attached hydrogens (tertiary/aromatic N) is 3. The van der Waals surface area contributed by atoms with E-state index in [0.717, 1.165) is 15.8 Å². The average molecular weight is 369 g/mol. The van der Waals surface area contributed by atoms with Crippen molar-refractivity contribution in [3.05, 3.63) is 64.0 Å². The van der Waals surface area contributed by atoms with Crippen LogP contribution < -0.4 is 5.32 Å². The number of fused-ring (bicyclic) bond motifs is 1. The fourth-order valence-corrected chi connectivity index (χ4v) is 2.75. The van der Waals surface area contributed by atoms with E-state index < -0.39 is 0 Å². The Morgan fingerprint density at radius 1 is 1.39 bits per heavy atom. The molecule has 0 saturated carbocycles. The second-order valence-corrected chi connectivity index (χ2v) is 5.90. The summed E-state index contributed by atoms with van der Waals surface area (Å²) in [4.78, 5) is 17.2. The number of imidazole rings is 1. The van der Waals surface area contributed by atoms with Gasteiger partial charge in [0, 0.05) is 16.4 Å². The molecular formula is C17H13BrN4O. The molecule has 0 unspecified atom stereocenters. The molecule has 0 radical (unpaired) electrons. The summed E-state index contributed by atoms with van der Waals surface area (Å²) >= 11 is 3.42. The molecule has 0 bridgehead atoms. The van der Waals surface area contributed by atoms with Crippen molar-refractivity contribution in [2.75, 3.05) is 5.32 Å². The Balaban J connectivity index is 2.03. The van der Waals surface area contributed by atoms with Crippen molar-refractivity contribution in [2.24, 2.45) is 0 Å². The molecule has 23 heavy (non-hydrogen) atoms. The zero-order valence-electron chi connectivity index (χ0n) is 12.4. The fourth-order valence-electron chi connectivity index (χ4n) is 2.41. The van der Waals surface area contributed by atoms with Crippen molar-refractivity contribution in [1.29, 1.82) is 5.26 Å². The number of carbonyl (C=O) groups excluding carboxylic acids is 1. The molecule has 0 atom stereocenters. The number of aryl methyl sites for hydroxylation is 1. The average Bonchev–Trinajstić information content (AvgIpc) is 2.92. The van der Waals surface area contributed by atoms with E-state index in [2.05, 4.69) is 32.3 Å². The maximum atomic E-state index is 12.7. The molecule has 114 valence electrons. The van der Waals surface area contributed by atoms with Gasteiger partial charge in [-0.2, -0.15) is 5.26 Å². The predicted octanol–water partition coefficient (Wildman–Crippen LogP) is 3.78. The Bertz CT molecular complexity index is 939. The molecule has 0 spiro atoms. The molecule has 2 heterocycles. The van der Waals surface area contributed by atoms with E-state index in [4.69, 9.17) is 5.26 Å². The van der Waals surface area contributed by atoms with Crippen LogP contribution in [0.5, 0.6) is 0 Å². The molecular weight excluding hydrogens is 356 g/mol. The first-order valence-electron chi connectivity index (χ1n) is 7.10. The lowest BCUT2D eigenvalue weighted by molar-refractivity contribution is 0.102. The first-order chi connectivity index (χ1) is 11.1. The van der Waals surface area contributed by atoms with Gasteiger partial charge in [0.05, 0.1) is 17.3 Å². The predicted molar refractivity (Wildman–Crippen MR) is 91.4 cm³/mol. The highest BCUT2D eigenvalue weighted by molar-refractivity contribution is 9.10. The van der Waals surface area contributed by atoms with Crippen molar-refractivity contribution in [1.82, 2.24) is 9.38 Å². The Kier molecular flexibility index (Phi) is 4.13. The van der Waals surface area contributed by atoms with E-state index in [0.29, 0.717) is 23.4 Å². The van der Waals surface area contributed by atoms with Crippen molar-refractivity contribution in [3.63, 3.8) is 0 Å². The van der Waals surface area contributed by atoms with Gasteiger partial charge in [0.1, 0.15) is 11.3 Å². The summed E-state index contributed by atoms with van der Waals surface area (Å²) in [6.45, 7) is 1.96. The van der Waals surface area contributed by atoms with Crippen LogP contribution in [0.4, 0.5) is 5.69 Å². The minimum absolute atomic E-state index is 0.248. The summed E-state index contributed by atoms with van der Waals surface area (Å²) in [5.41, 5.74) is 3.05. The Morgan fingerprint density at radius 2 is 2.22 bits per heavy atom. The molecule has 1 amide bonds. The number of pyridine rings is 1. The van der Waals surface area contributed by atoms with Crippen molar-refractivity contribution >= 4 is 33.2 Å². The van der Waals surface area contributed by atoms with E-state index in [1.807, 2.05) is 25.3 Å². The van der Waals surface area contributed by atoms with E-state index >= 15 is 0 Å². The minimum atomic E-state index is -0.248. The van der Waals surface area contributed by atoms with Crippen LogP contribution >= 0.6 is 15.9 Å². The van der Waals surface area contributed by atoms with Crippen LogP contribution in [-0.2, 0) is 6.42 Å². The summed E-state index contributed by atoms with van der Waals surface area (Å²) in [6, 6.07) is 12.6. The van der Waals surface area contributed by atoms with Gasteiger partial charge in [-0.15, -0.1) is 0 Å². The highest BCUT2D eigenvalue weighted by Gasteiger charge is 2.18. The first-order valence-corrected chi connectivity index (χ1v) is 7.89. The van der Waals surface area contributed by atoms with Gasteiger partial charge in [0.2, 0.25) is 0 Å². The topological polar surface area (TPSA) is 70.2 Å². The summed E-state index contributed by atoms with van der Waals surface area (Å²) in [5, 5.41) is 11.8. The van der Waals surface area contributed by atoms with Crippen LogP contribution in [0.1, 0.15) is 28.7 Å². The second kappa shape index (κ2) is 6.23. The molecule has 3 rings (SSSR count). The molecule has 2 aromatic heterocycles. The number of rotatable bonds is 3. The number of amides is 1. The third-order valence-corrected chi connectivity index (χ3v) is 3.92. The zero-order chi connectivity index (χ0) is 16.4. The van der Waals surface area contributed by atoms with Crippen LogP contribution in [0.25, 0.3) is 5.65 Å². The SMILES string of the molecule is CCc1nc2ccc(Br)cn2c1C(=O)Nc1cccc(C#N)c1. The number of benzene rings is 1. The van der Waals surface area contributed by atoms with Gasteiger partial charge in [0.25, 0.3) is 5.91 Å². The van der Waals surface area contributed by atoms with E-state index in [1.165, 1.54) is 0 Å². The largest absolute Gasteiger partial charge is 0.321 e. The van der Waals surface area contributed by atoms with Gasteiger partial charge in [-0.05, 0) is 52.7 Å². The van der Waals surface area contributed by atoms with Gasteiger partial charge in [-0.3, -0.25) is 9.20 Å². The summed E-state index contributed by atoms with van der Waals surface area (Å²) < 4.78 is 2.64. The highest BCUT2D eigenvalue weighted by Crippen LogP contribution is 2.19. The summed E-state index contributed by atoms with van der Waals surface area (Å²) in [6.07, 6.45) is 2.47. The van der Waals surface area contributed by atoms with E-state index in [-0.39, 0.29) is 5.91 Å². The molecule has 5 nitrogen and oxygen atoms in total. The van der Waals surface area contributed by atoms with Gasteiger partial charge in [-0.1, -0.05) is 13.0 Å². The lowest BCUT2D eigenvalue weighted by atomic mass is 10.2. The maximum Gasteiger partial charge on any atom is 0.274 e. The number of hydrogen-bond acceptors (Lipinski definition) is 3. The Morgan fingerprint density at radius 3 is 2.96 bits per heavy atom. The van der Waals surface area contributed by atoms with Crippen LogP contribution in [0, 0.1) is 11.3 Å². The third-order valence-electron chi connectivity index (χ3n) is 3.45. The Labute approximate surface area is 141 Å². The zero-order valence-corrected chi connectivity index (χ0v) is 14.0. The van der Waals surface area contributed by atoms with Gasteiger partial charge in [-0.25, -0.2) is 4.98 Å². The molecule has 0 aliphatic rings. The fraction of sp³-hybridized carbons (Fsp3) is 0.118. The summed E-state index contributed by atoms with van der Waals surface area (Å²) in [7, 11) is 0. The molecule has 3 aromatic rings. The minimum Gasteiger partial charge on any atom is -0.321 e. The summed E-state index contributed by atoms with van der Waals surface area (Å²) in [5.74, 6) is -0.248. The molecule has 1 aromatic carbocycles. The monoisotopic (exact) mass is 368 g/mol. The molecule has 0 aliphatic carbocycles. The number of anilines is 1. The standard InChI is InChI=1S/C17H13BrN4O/c1-2-14-16(22-10-12(18)6-7-15(22)21-14)17(23)20-13-5-3-4-11(8-13)9-19/h3-8,10H,2H2,1H3,(H,20,23). The normalized spacial score (nSPS) is 10.5. The lowest BCUT2D eigenvalue weighted by Crippen LogP contribution is -2.16. The molecule has 0 aliphatic heterocycles. The lowest BCUT2D eigenvalue weighted by Gasteiger charge is -2.07. The van der Waals surface area contributed by atoms with Crippen LogP contribution in [-0.4, -0.2) is 15.3 Å². The molecule has 1 N–H and O–H groups in total.